The Balaban J connectivity index is 1.76. The normalized spacial score (nSPS) is 17.4. The van der Waals surface area contributed by atoms with Crippen molar-refractivity contribution in [1.29, 1.82) is 0 Å². The maximum atomic E-state index is 13.1. The van der Waals surface area contributed by atoms with Crippen molar-refractivity contribution in [1.82, 2.24) is 14.2 Å². The topological polar surface area (TPSA) is 62.7 Å². The largest absolute Gasteiger partial charge is 0.495 e. The molecule has 1 fully saturated rings. The summed E-state index contributed by atoms with van der Waals surface area (Å²) in [6.07, 6.45) is 2.56. The minimum atomic E-state index is -3.65. The van der Waals surface area contributed by atoms with Crippen LogP contribution in [-0.2, 0) is 16.6 Å². The Morgan fingerprint density at radius 1 is 1.28 bits per heavy atom. The molecule has 0 aliphatic carbocycles. The summed E-state index contributed by atoms with van der Waals surface area (Å²) in [6.45, 7) is 3.18. The number of thiazole rings is 1. The number of aromatic nitrogens is 1. The standard InChI is InChI=1S/C16H20ClN3O3S2/c1-23-14-4-3-13(17)11-15(14)25(21,22)20-7-2-6-19(8-9-20)12-16-18-5-10-24-16/h3-5,10-11H,2,6-9,12H2,1H3. The van der Waals surface area contributed by atoms with Gasteiger partial charge in [-0.2, -0.15) is 4.31 Å². The van der Waals surface area contributed by atoms with Gasteiger partial charge in [0.15, 0.2) is 0 Å². The molecule has 0 atom stereocenters. The van der Waals surface area contributed by atoms with Crippen molar-refractivity contribution >= 4 is 33.0 Å². The van der Waals surface area contributed by atoms with Crippen LogP contribution in [0.1, 0.15) is 11.4 Å². The quantitative estimate of drug-likeness (QED) is 0.770. The Labute approximate surface area is 157 Å². The highest BCUT2D eigenvalue weighted by Gasteiger charge is 2.29. The SMILES string of the molecule is COc1ccc(Cl)cc1S(=O)(=O)N1CCCN(Cc2nccs2)CC1. The second-order valence-corrected chi connectivity index (χ2v) is 9.08. The minimum Gasteiger partial charge on any atom is -0.495 e. The zero-order chi connectivity index (χ0) is 17.9. The fraction of sp³-hybridized carbons (Fsp3) is 0.438. The molecule has 25 heavy (non-hydrogen) atoms. The van der Waals surface area contributed by atoms with Gasteiger partial charge in [-0.05, 0) is 31.2 Å². The summed E-state index contributed by atoms with van der Waals surface area (Å²) >= 11 is 7.62. The summed E-state index contributed by atoms with van der Waals surface area (Å²) in [6, 6.07) is 4.66. The minimum absolute atomic E-state index is 0.121. The van der Waals surface area contributed by atoms with Gasteiger partial charge in [0.2, 0.25) is 10.0 Å². The van der Waals surface area contributed by atoms with Crippen LogP contribution in [-0.4, -0.2) is 55.9 Å². The number of sulfonamides is 1. The van der Waals surface area contributed by atoms with Crippen LogP contribution in [0.25, 0.3) is 0 Å². The number of methoxy groups -OCH3 is 1. The van der Waals surface area contributed by atoms with Crippen LogP contribution < -0.4 is 4.74 Å². The van der Waals surface area contributed by atoms with E-state index in [9.17, 15) is 8.42 Å². The molecule has 0 bridgehead atoms. The number of nitrogens with zero attached hydrogens (tertiary/aromatic N) is 3. The summed E-state index contributed by atoms with van der Waals surface area (Å²) in [5.74, 6) is 0.313. The number of hydrogen-bond donors (Lipinski definition) is 0. The fourth-order valence-corrected chi connectivity index (χ4v) is 5.40. The monoisotopic (exact) mass is 401 g/mol. The van der Waals surface area contributed by atoms with Gasteiger partial charge in [-0.15, -0.1) is 11.3 Å². The van der Waals surface area contributed by atoms with Gasteiger partial charge in [0.25, 0.3) is 0 Å². The van der Waals surface area contributed by atoms with Crippen molar-refractivity contribution in [2.75, 3.05) is 33.3 Å². The van der Waals surface area contributed by atoms with Gasteiger partial charge in [-0.25, -0.2) is 13.4 Å². The summed E-state index contributed by atoms with van der Waals surface area (Å²) in [7, 11) is -2.19. The predicted octanol–water partition coefficient (Wildman–Crippen LogP) is 2.70. The van der Waals surface area contributed by atoms with Gasteiger partial charge in [-0.1, -0.05) is 11.6 Å². The highest BCUT2D eigenvalue weighted by atomic mass is 35.5. The fourth-order valence-electron chi connectivity index (χ4n) is 2.86. The molecule has 3 rings (SSSR count). The molecule has 9 heteroatoms. The zero-order valence-corrected chi connectivity index (χ0v) is 16.3. The van der Waals surface area contributed by atoms with Crippen molar-refractivity contribution < 1.29 is 13.2 Å². The highest BCUT2D eigenvalue weighted by Crippen LogP contribution is 2.30. The molecule has 0 spiro atoms. The Hall–Kier alpha value is -1.19. The lowest BCUT2D eigenvalue weighted by molar-refractivity contribution is 0.278. The molecule has 0 unspecified atom stereocenters. The van der Waals surface area contributed by atoms with Gasteiger partial charge in [0.05, 0.1) is 13.7 Å². The first-order valence-electron chi connectivity index (χ1n) is 7.95. The summed E-state index contributed by atoms with van der Waals surface area (Å²) in [5.41, 5.74) is 0. The molecule has 0 radical (unpaired) electrons. The molecular formula is C16H20ClN3O3S2. The van der Waals surface area contributed by atoms with Crippen LogP contribution >= 0.6 is 22.9 Å². The summed E-state index contributed by atoms with van der Waals surface area (Å²) in [5, 5.41) is 3.38. The van der Waals surface area contributed by atoms with Crippen LogP contribution in [0.3, 0.4) is 0 Å². The second-order valence-electron chi connectivity index (χ2n) is 5.75. The molecule has 2 heterocycles. The Kier molecular flexibility index (Phi) is 5.96. The van der Waals surface area contributed by atoms with Crippen molar-refractivity contribution in [2.45, 2.75) is 17.9 Å². The average molecular weight is 402 g/mol. The smallest absolute Gasteiger partial charge is 0.246 e. The van der Waals surface area contributed by atoms with Crippen LogP contribution in [0.5, 0.6) is 5.75 Å². The highest BCUT2D eigenvalue weighted by molar-refractivity contribution is 7.89. The van der Waals surface area contributed by atoms with Crippen LogP contribution in [0.2, 0.25) is 5.02 Å². The van der Waals surface area contributed by atoms with E-state index in [1.54, 1.807) is 29.7 Å². The van der Waals surface area contributed by atoms with Crippen molar-refractivity contribution in [3.63, 3.8) is 0 Å². The van der Waals surface area contributed by atoms with Crippen molar-refractivity contribution in [3.8, 4) is 5.75 Å². The second kappa shape index (κ2) is 8.01. The molecular weight excluding hydrogens is 382 g/mol. The van der Waals surface area contributed by atoms with Gasteiger partial charge in [-0.3, -0.25) is 4.90 Å². The number of hydrogen-bond acceptors (Lipinski definition) is 6. The van der Waals surface area contributed by atoms with Crippen LogP contribution in [0, 0.1) is 0 Å². The maximum absolute atomic E-state index is 13.1. The number of benzene rings is 1. The molecule has 1 aromatic carbocycles. The summed E-state index contributed by atoms with van der Waals surface area (Å²) < 4.78 is 32.8. The van der Waals surface area contributed by atoms with Crippen molar-refractivity contribution in [2.24, 2.45) is 0 Å². The Morgan fingerprint density at radius 3 is 2.84 bits per heavy atom. The van der Waals surface area contributed by atoms with E-state index in [1.807, 2.05) is 5.38 Å². The lowest BCUT2D eigenvalue weighted by atomic mass is 10.3. The Bertz CT molecular complexity index is 812. The lowest BCUT2D eigenvalue weighted by Gasteiger charge is -2.22. The first-order valence-corrected chi connectivity index (χ1v) is 10.6. The van der Waals surface area contributed by atoms with Gasteiger partial charge in [0, 0.05) is 36.2 Å². The van der Waals surface area contributed by atoms with E-state index in [1.165, 1.54) is 17.5 Å². The molecule has 1 saturated heterocycles. The molecule has 1 aliphatic rings. The first kappa shape index (κ1) is 18.6. The van der Waals surface area contributed by atoms with E-state index in [2.05, 4.69) is 9.88 Å². The van der Waals surface area contributed by atoms with Gasteiger partial charge < -0.3 is 4.74 Å². The molecule has 136 valence electrons. The van der Waals surface area contributed by atoms with Gasteiger partial charge in [0.1, 0.15) is 15.7 Å². The van der Waals surface area contributed by atoms with Crippen LogP contribution in [0.15, 0.2) is 34.7 Å². The van der Waals surface area contributed by atoms with E-state index in [4.69, 9.17) is 16.3 Å². The number of rotatable bonds is 5. The molecule has 2 aromatic rings. The van der Waals surface area contributed by atoms with E-state index in [0.29, 0.717) is 30.4 Å². The molecule has 0 amide bonds. The third-order valence-corrected chi connectivity index (χ3v) is 7.05. The maximum Gasteiger partial charge on any atom is 0.246 e. The van der Waals surface area contributed by atoms with E-state index < -0.39 is 10.0 Å². The predicted molar refractivity (Wildman–Crippen MR) is 98.8 cm³/mol. The molecule has 1 aromatic heterocycles. The third-order valence-electron chi connectivity index (χ3n) is 4.13. The molecule has 1 aliphatic heterocycles. The Morgan fingerprint density at radius 2 is 2.12 bits per heavy atom. The molecule has 6 nitrogen and oxygen atoms in total. The van der Waals surface area contributed by atoms with Gasteiger partial charge >= 0.3 is 0 Å². The summed E-state index contributed by atoms with van der Waals surface area (Å²) in [4.78, 5) is 6.66. The number of ether oxygens (including phenoxy) is 1. The lowest BCUT2D eigenvalue weighted by Crippen LogP contribution is -2.35. The van der Waals surface area contributed by atoms with E-state index >= 15 is 0 Å². The molecule has 0 saturated carbocycles. The van der Waals surface area contributed by atoms with E-state index in [-0.39, 0.29) is 4.90 Å². The zero-order valence-electron chi connectivity index (χ0n) is 13.9. The number of halogens is 1. The van der Waals surface area contributed by atoms with Crippen LogP contribution in [0.4, 0.5) is 0 Å². The van der Waals surface area contributed by atoms with E-state index in [0.717, 1.165) is 24.5 Å². The first-order chi connectivity index (χ1) is 12.0. The molecule has 0 N–H and O–H groups in total. The third kappa shape index (κ3) is 4.32. The average Bonchev–Trinajstić information content (AvgIpc) is 2.98. The van der Waals surface area contributed by atoms with Crippen molar-refractivity contribution in [3.05, 3.63) is 39.8 Å².